The summed E-state index contributed by atoms with van der Waals surface area (Å²) in [5.41, 5.74) is 3.75. The first-order valence-electron chi connectivity index (χ1n) is 10.4. The van der Waals surface area contributed by atoms with E-state index in [0.717, 1.165) is 11.1 Å². The Morgan fingerprint density at radius 2 is 1.94 bits per heavy atom. The van der Waals surface area contributed by atoms with Gasteiger partial charge < -0.3 is 10.1 Å². The second-order valence-electron chi connectivity index (χ2n) is 7.73. The Balaban J connectivity index is 1.76. The van der Waals surface area contributed by atoms with Gasteiger partial charge in [0, 0.05) is 19.9 Å². The van der Waals surface area contributed by atoms with Crippen LogP contribution in [0.1, 0.15) is 22.3 Å². The number of thiocarbonyl (C=S) groups is 1. The minimum Gasteiger partial charge on any atom is -0.383 e. The van der Waals surface area contributed by atoms with Crippen LogP contribution in [0.2, 0.25) is 0 Å². The largest absolute Gasteiger partial charge is 0.383 e. The summed E-state index contributed by atoms with van der Waals surface area (Å²) in [5.74, 6) is 0.192. The quantitative estimate of drug-likeness (QED) is 0.408. The number of ether oxygens (including phenoxy) is 1. The highest BCUT2D eigenvalue weighted by molar-refractivity contribution is 8.26. The maximum Gasteiger partial charge on any atom is 0.267 e. The van der Waals surface area contributed by atoms with Crippen molar-refractivity contribution in [3.63, 3.8) is 0 Å². The molecule has 1 N–H and O–H groups in total. The predicted molar refractivity (Wildman–Crippen MR) is 136 cm³/mol. The molecule has 1 aliphatic heterocycles. The molecule has 170 valence electrons. The van der Waals surface area contributed by atoms with Gasteiger partial charge in [0.1, 0.15) is 15.8 Å². The summed E-state index contributed by atoms with van der Waals surface area (Å²) in [5, 5.41) is 3.30. The van der Waals surface area contributed by atoms with E-state index in [2.05, 4.69) is 5.32 Å². The third kappa shape index (κ3) is 4.85. The van der Waals surface area contributed by atoms with Gasteiger partial charge in [-0.25, -0.2) is 4.98 Å². The number of fused-ring (bicyclic) bond motifs is 1. The van der Waals surface area contributed by atoms with E-state index in [1.54, 1.807) is 25.4 Å². The SMILES string of the molecule is COCCN1C(=O)/C(=C/c2c(NCc3ccc(C)cc3)nc3c(C)cccn3c2=O)SC1=S. The molecule has 1 fully saturated rings. The topological polar surface area (TPSA) is 75.9 Å². The van der Waals surface area contributed by atoms with Crippen molar-refractivity contribution in [2.45, 2.75) is 20.4 Å². The number of methoxy groups -OCH3 is 1. The van der Waals surface area contributed by atoms with Crippen molar-refractivity contribution in [3.8, 4) is 0 Å². The van der Waals surface area contributed by atoms with E-state index in [0.29, 0.717) is 46.0 Å². The molecule has 3 heterocycles. The highest BCUT2D eigenvalue weighted by atomic mass is 32.2. The molecule has 0 spiro atoms. The Morgan fingerprint density at radius 3 is 2.67 bits per heavy atom. The molecule has 1 aliphatic rings. The normalized spacial score (nSPS) is 15.1. The van der Waals surface area contributed by atoms with E-state index in [9.17, 15) is 9.59 Å². The van der Waals surface area contributed by atoms with Gasteiger partial charge in [-0.2, -0.15) is 0 Å². The van der Waals surface area contributed by atoms with Gasteiger partial charge in [0.15, 0.2) is 0 Å². The number of hydrogen-bond acceptors (Lipinski definition) is 7. The summed E-state index contributed by atoms with van der Waals surface area (Å²) in [6, 6.07) is 11.8. The molecule has 9 heteroatoms. The molecule has 33 heavy (non-hydrogen) atoms. The van der Waals surface area contributed by atoms with E-state index in [-0.39, 0.29) is 11.5 Å². The lowest BCUT2D eigenvalue weighted by Crippen LogP contribution is -2.31. The second-order valence-corrected chi connectivity index (χ2v) is 9.41. The van der Waals surface area contributed by atoms with Crippen LogP contribution in [0.5, 0.6) is 0 Å². The number of amides is 1. The van der Waals surface area contributed by atoms with Crippen LogP contribution in [0.15, 0.2) is 52.3 Å². The van der Waals surface area contributed by atoms with Gasteiger partial charge in [-0.05, 0) is 37.1 Å². The number of thioether (sulfide) groups is 1. The molecule has 0 bridgehead atoms. The summed E-state index contributed by atoms with van der Waals surface area (Å²) in [6.45, 7) is 5.18. The van der Waals surface area contributed by atoms with Crippen molar-refractivity contribution in [2.75, 3.05) is 25.6 Å². The standard InChI is InChI=1S/C24H24N4O3S2/c1-15-6-8-17(9-7-15)14-25-20-18(22(29)27-10-4-5-16(2)21(27)26-20)13-19-23(30)28(11-12-31-3)24(32)33-19/h4-10,13,25H,11-12,14H2,1-3H3/b19-13-. The Kier molecular flexibility index (Phi) is 6.92. The zero-order valence-corrected chi connectivity index (χ0v) is 20.3. The summed E-state index contributed by atoms with van der Waals surface area (Å²) in [6.07, 6.45) is 3.27. The average molecular weight is 481 g/mol. The third-order valence-electron chi connectivity index (χ3n) is 5.33. The Hall–Kier alpha value is -3.01. The van der Waals surface area contributed by atoms with Crippen molar-refractivity contribution in [3.05, 3.63) is 80.1 Å². The molecule has 3 aromatic rings. The van der Waals surface area contributed by atoms with E-state index in [1.807, 2.05) is 44.2 Å². The Labute approximate surface area is 201 Å². The van der Waals surface area contributed by atoms with E-state index < -0.39 is 0 Å². The molecule has 1 amide bonds. The molecule has 0 saturated carbocycles. The number of aryl methyl sites for hydroxylation is 2. The molecule has 4 rings (SSSR count). The number of pyridine rings is 1. The van der Waals surface area contributed by atoms with Gasteiger partial charge in [0.05, 0.1) is 23.6 Å². The van der Waals surface area contributed by atoms with Crippen molar-refractivity contribution in [2.24, 2.45) is 0 Å². The van der Waals surface area contributed by atoms with Gasteiger partial charge in [-0.3, -0.25) is 18.9 Å². The van der Waals surface area contributed by atoms with E-state index >= 15 is 0 Å². The fourth-order valence-corrected chi connectivity index (χ4v) is 4.77. The van der Waals surface area contributed by atoms with Crippen LogP contribution in [0.25, 0.3) is 11.7 Å². The highest BCUT2D eigenvalue weighted by Crippen LogP contribution is 2.33. The molecule has 1 saturated heterocycles. The van der Waals surface area contributed by atoms with Crippen molar-refractivity contribution in [1.29, 1.82) is 0 Å². The van der Waals surface area contributed by atoms with Gasteiger partial charge >= 0.3 is 0 Å². The molecular weight excluding hydrogens is 456 g/mol. The van der Waals surface area contributed by atoms with Crippen LogP contribution in [0, 0.1) is 13.8 Å². The number of nitrogens with one attached hydrogen (secondary N) is 1. The molecule has 0 aliphatic carbocycles. The van der Waals surface area contributed by atoms with Gasteiger partial charge in [0.2, 0.25) is 0 Å². The van der Waals surface area contributed by atoms with Crippen LogP contribution in [0.4, 0.5) is 5.82 Å². The first kappa shape index (κ1) is 23.2. The van der Waals surface area contributed by atoms with E-state index in [4.69, 9.17) is 21.9 Å². The molecule has 2 aromatic heterocycles. The van der Waals surface area contributed by atoms with Crippen LogP contribution >= 0.6 is 24.0 Å². The van der Waals surface area contributed by atoms with Crippen LogP contribution in [-0.4, -0.2) is 44.8 Å². The number of nitrogens with zero attached hydrogens (tertiary/aromatic N) is 3. The number of carbonyl (C=O) groups is 1. The fourth-order valence-electron chi connectivity index (χ4n) is 3.47. The number of aromatic nitrogens is 2. The average Bonchev–Trinajstić information content (AvgIpc) is 3.07. The maximum absolute atomic E-state index is 13.4. The van der Waals surface area contributed by atoms with Gasteiger partial charge in [0.25, 0.3) is 11.5 Å². The maximum atomic E-state index is 13.4. The van der Waals surface area contributed by atoms with Crippen molar-refractivity contribution < 1.29 is 9.53 Å². The first-order chi connectivity index (χ1) is 15.9. The summed E-state index contributed by atoms with van der Waals surface area (Å²) in [4.78, 5) is 33.0. The summed E-state index contributed by atoms with van der Waals surface area (Å²) in [7, 11) is 1.57. The fraction of sp³-hybridized carbons (Fsp3) is 0.250. The van der Waals surface area contributed by atoms with Crippen LogP contribution in [-0.2, 0) is 16.1 Å². The monoisotopic (exact) mass is 480 g/mol. The lowest BCUT2D eigenvalue weighted by atomic mass is 10.1. The second kappa shape index (κ2) is 9.86. The lowest BCUT2D eigenvalue weighted by molar-refractivity contribution is -0.122. The molecular formula is C24H24N4O3S2. The zero-order chi connectivity index (χ0) is 23.5. The first-order valence-corrected chi connectivity index (χ1v) is 11.7. The number of hydrogen-bond donors (Lipinski definition) is 1. The molecule has 1 aromatic carbocycles. The van der Waals surface area contributed by atoms with E-state index in [1.165, 1.54) is 26.6 Å². The molecule has 0 unspecified atom stereocenters. The van der Waals surface area contributed by atoms with Crippen molar-refractivity contribution >= 4 is 51.7 Å². The Bertz CT molecular complexity index is 1320. The Morgan fingerprint density at radius 1 is 1.18 bits per heavy atom. The number of benzene rings is 1. The lowest BCUT2D eigenvalue weighted by Gasteiger charge is -2.13. The van der Waals surface area contributed by atoms with Crippen molar-refractivity contribution in [1.82, 2.24) is 14.3 Å². The number of anilines is 1. The highest BCUT2D eigenvalue weighted by Gasteiger charge is 2.32. The predicted octanol–water partition coefficient (Wildman–Crippen LogP) is 3.77. The van der Waals surface area contributed by atoms with Crippen LogP contribution < -0.4 is 10.9 Å². The summed E-state index contributed by atoms with van der Waals surface area (Å²) >= 11 is 6.55. The van der Waals surface area contributed by atoms with Gasteiger partial charge in [-0.1, -0.05) is 59.9 Å². The van der Waals surface area contributed by atoms with Crippen LogP contribution in [0.3, 0.4) is 0 Å². The smallest absolute Gasteiger partial charge is 0.267 e. The molecule has 7 nitrogen and oxygen atoms in total. The minimum absolute atomic E-state index is 0.236. The number of carbonyl (C=O) groups excluding carboxylic acids is 1. The third-order valence-corrected chi connectivity index (χ3v) is 6.71. The minimum atomic E-state index is -0.253. The van der Waals surface area contributed by atoms with Gasteiger partial charge in [-0.15, -0.1) is 0 Å². The molecule has 0 radical (unpaired) electrons. The summed E-state index contributed by atoms with van der Waals surface area (Å²) < 4.78 is 7.03. The number of rotatable bonds is 7. The molecule has 0 atom stereocenters. The zero-order valence-electron chi connectivity index (χ0n) is 18.6.